The molecule has 1 heteroatoms. The molecule has 0 spiro atoms. The molecule has 0 unspecified atom stereocenters. The van der Waals surface area contributed by atoms with Crippen LogP contribution in [0.25, 0.3) is 5.57 Å². The Kier molecular flexibility index (Phi) is 2.53. The number of rotatable bonds is 0. The smallest absolute Gasteiger partial charge is 0.0696 e. The topological polar surface area (TPSA) is 12.9 Å². The van der Waals surface area contributed by atoms with Gasteiger partial charge in [-0.3, -0.25) is 4.98 Å². The Morgan fingerprint density at radius 2 is 1.50 bits per heavy atom. The van der Waals surface area contributed by atoms with Crippen LogP contribution < -0.4 is 0 Å². The van der Waals surface area contributed by atoms with Crippen LogP contribution in [0.3, 0.4) is 0 Å². The first kappa shape index (κ1) is 10.8. The minimum atomic E-state index is 1.21. The van der Waals surface area contributed by atoms with E-state index in [9.17, 15) is 0 Å². The predicted molar refractivity (Wildman–Crippen MR) is 74.6 cm³/mol. The van der Waals surface area contributed by atoms with E-state index in [0.29, 0.717) is 0 Å². The minimum absolute atomic E-state index is 1.21. The van der Waals surface area contributed by atoms with Crippen molar-refractivity contribution in [1.29, 1.82) is 0 Å². The lowest BCUT2D eigenvalue weighted by atomic mass is 9.94. The molecule has 94 valence electrons. The Labute approximate surface area is 109 Å². The van der Waals surface area contributed by atoms with Crippen LogP contribution in [0.2, 0.25) is 0 Å². The summed E-state index contributed by atoms with van der Waals surface area (Å²) in [6, 6.07) is 2.49. The van der Waals surface area contributed by atoms with Crippen LogP contribution >= 0.6 is 0 Å². The van der Waals surface area contributed by atoms with Gasteiger partial charge >= 0.3 is 0 Å². The third kappa shape index (κ3) is 1.64. The normalized spacial score (nSPS) is 22.2. The van der Waals surface area contributed by atoms with Crippen molar-refractivity contribution in [2.75, 3.05) is 0 Å². The van der Waals surface area contributed by atoms with Gasteiger partial charge in [-0.05, 0) is 80.9 Å². The summed E-state index contributed by atoms with van der Waals surface area (Å²) >= 11 is 0. The molecule has 0 aromatic carbocycles. The molecule has 4 rings (SSSR count). The summed E-state index contributed by atoms with van der Waals surface area (Å²) in [5, 5.41) is 0. The molecule has 0 radical (unpaired) electrons. The third-order valence-electron chi connectivity index (χ3n) is 4.94. The van der Waals surface area contributed by atoms with E-state index in [4.69, 9.17) is 4.98 Å². The summed E-state index contributed by atoms with van der Waals surface area (Å²) in [5.74, 6) is 0. The summed E-state index contributed by atoms with van der Waals surface area (Å²) in [5.41, 5.74) is 9.28. The van der Waals surface area contributed by atoms with Gasteiger partial charge in [0.15, 0.2) is 0 Å². The van der Waals surface area contributed by atoms with Crippen LogP contribution in [0.5, 0.6) is 0 Å². The fourth-order valence-corrected chi connectivity index (χ4v) is 3.96. The number of hydrogen-bond acceptors (Lipinski definition) is 1. The average Bonchev–Trinajstić information content (AvgIpc) is 3.04. The molecule has 1 nitrogen and oxygen atoms in total. The van der Waals surface area contributed by atoms with Crippen LogP contribution in [0.1, 0.15) is 67.5 Å². The van der Waals surface area contributed by atoms with Gasteiger partial charge in [0.1, 0.15) is 0 Å². The maximum atomic E-state index is 5.06. The van der Waals surface area contributed by atoms with Gasteiger partial charge in [0, 0.05) is 5.69 Å². The van der Waals surface area contributed by atoms with Crippen LogP contribution in [-0.4, -0.2) is 4.98 Å². The zero-order valence-electron chi connectivity index (χ0n) is 11.1. The van der Waals surface area contributed by atoms with Crippen molar-refractivity contribution in [3.05, 3.63) is 34.2 Å². The van der Waals surface area contributed by atoms with Gasteiger partial charge in [0.2, 0.25) is 0 Å². The Bertz CT molecular complexity index is 517. The van der Waals surface area contributed by atoms with Crippen LogP contribution in [-0.2, 0) is 19.3 Å². The second-order valence-electron chi connectivity index (χ2n) is 6.10. The lowest BCUT2D eigenvalue weighted by Gasteiger charge is -2.16. The zero-order chi connectivity index (χ0) is 11.9. The number of aromatic nitrogens is 1. The summed E-state index contributed by atoms with van der Waals surface area (Å²) < 4.78 is 0. The molecule has 1 aromatic heterocycles. The summed E-state index contributed by atoms with van der Waals surface area (Å²) in [6.07, 6.45) is 13.2. The standard InChI is InChI=1S/C17H21N/c1-2-6-12(5-1)15-10-9-14-11-13-7-3-4-8-16(13)18-17(14)15/h11H,1-10H2. The second kappa shape index (κ2) is 4.22. The molecule has 0 bridgehead atoms. The number of aryl methyl sites for hydroxylation is 3. The Balaban J connectivity index is 1.82. The SMILES string of the molecule is c1c2c(nc3c1CCC3=C1CCCC1)CCCC2. The molecule has 0 saturated heterocycles. The molecule has 3 aliphatic carbocycles. The van der Waals surface area contributed by atoms with Crippen molar-refractivity contribution in [2.45, 2.75) is 64.2 Å². The highest BCUT2D eigenvalue weighted by Crippen LogP contribution is 2.40. The zero-order valence-corrected chi connectivity index (χ0v) is 11.1. The number of pyridine rings is 1. The van der Waals surface area contributed by atoms with Gasteiger partial charge in [-0.25, -0.2) is 0 Å². The largest absolute Gasteiger partial charge is 0.253 e. The summed E-state index contributed by atoms with van der Waals surface area (Å²) in [7, 11) is 0. The number of fused-ring (bicyclic) bond motifs is 2. The predicted octanol–water partition coefficient (Wildman–Crippen LogP) is 4.23. The van der Waals surface area contributed by atoms with Gasteiger partial charge in [0.05, 0.1) is 5.69 Å². The fourth-order valence-electron chi connectivity index (χ4n) is 3.96. The van der Waals surface area contributed by atoms with Gasteiger partial charge in [0.25, 0.3) is 0 Å². The minimum Gasteiger partial charge on any atom is -0.253 e. The Morgan fingerprint density at radius 1 is 0.722 bits per heavy atom. The molecule has 1 heterocycles. The Hall–Kier alpha value is -1.11. The highest BCUT2D eigenvalue weighted by atomic mass is 14.7. The first-order chi connectivity index (χ1) is 8.92. The fraction of sp³-hybridized carbons (Fsp3) is 0.588. The molecule has 1 saturated carbocycles. The maximum Gasteiger partial charge on any atom is 0.0696 e. The highest BCUT2D eigenvalue weighted by molar-refractivity contribution is 5.73. The van der Waals surface area contributed by atoms with Crippen LogP contribution in [0, 0.1) is 0 Å². The molecule has 0 aliphatic heterocycles. The molecular weight excluding hydrogens is 218 g/mol. The third-order valence-corrected chi connectivity index (χ3v) is 4.94. The maximum absolute atomic E-state index is 5.06. The quantitative estimate of drug-likeness (QED) is 0.660. The van der Waals surface area contributed by atoms with E-state index >= 15 is 0 Å². The van der Waals surface area contributed by atoms with Crippen molar-refractivity contribution in [3.63, 3.8) is 0 Å². The Morgan fingerprint density at radius 3 is 2.39 bits per heavy atom. The van der Waals surface area contributed by atoms with Gasteiger partial charge in [-0.15, -0.1) is 0 Å². The summed E-state index contributed by atoms with van der Waals surface area (Å²) in [6.45, 7) is 0. The number of allylic oxidation sites excluding steroid dienone is 2. The first-order valence-corrected chi connectivity index (χ1v) is 7.65. The lowest BCUT2D eigenvalue weighted by Crippen LogP contribution is -2.07. The van der Waals surface area contributed by atoms with Crippen molar-refractivity contribution in [3.8, 4) is 0 Å². The van der Waals surface area contributed by atoms with Crippen molar-refractivity contribution in [2.24, 2.45) is 0 Å². The van der Waals surface area contributed by atoms with E-state index in [2.05, 4.69) is 6.07 Å². The molecule has 18 heavy (non-hydrogen) atoms. The first-order valence-electron chi connectivity index (χ1n) is 7.65. The number of hydrogen-bond donors (Lipinski definition) is 0. The van der Waals surface area contributed by atoms with E-state index < -0.39 is 0 Å². The van der Waals surface area contributed by atoms with Crippen LogP contribution in [0.15, 0.2) is 11.6 Å². The number of nitrogens with zero attached hydrogens (tertiary/aromatic N) is 1. The van der Waals surface area contributed by atoms with E-state index in [0.717, 1.165) is 0 Å². The molecule has 1 aromatic rings. The van der Waals surface area contributed by atoms with E-state index in [1.165, 1.54) is 75.6 Å². The molecule has 0 atom stereocenters. The van der Waals surface area contributed by atoms with Crippen molar-refractivity contribution < 1.29 is 0 Å². The molecule has 1 fully saturated rings. The lowest BCUT2D eigenvalue weighted by molar-refractivity contribution is 0.666. The monoisotopic (exact) mass is 239 g/mol. The highest BCUT2D eigenvalue weighted by Gasteiger charge is 2.25. The van der Waals surface area contributed by atoms with Gasteiger partial charge in [-0.1, -0.05) is 11.6 Å². The average molecular weight is 239 g/mol. The second-order valence-corrected chi connectivity index (χ2v) is 6.10. The van der Waals surface area contributed by atoms with Crippen LogP contribution in [0.4, 0.5) is 0 Å². The van der Waals surface area contributed by atoms with E-state index in [1.807, 2.05) is 0 Å². The van der Waals surface area contributed by atoms with E-state index in [1.54, 1.807) is 22.3 Å². The van der Waals surface area contributed by atoms with Crippen molar-refractivity contribution in [1.82, 2.24) is 4.98 Å². The summed E-state index contributed by atoms with van der Waals surface area (Å²) in [4.78, 5) is 5.06. The molecular formula is C17H21N. The van der Waals surface area contributed by atoms with E-state index in [-0.39, 0.29) is 0 Å². The molecule has 0 N–H and O–H groups in total. The van der Waals surface area contributed by atoms with Gasteiger partial charge < -0.3 is 0 Å². The van der Waals surface area contributed by atoms with Gasteiger partial charge in [-0.2, -0.15) is 0 Å². The molecule has 0 amide bonds. The van der Waals surface area contributed by atoms with Crippen molar-refractivity contribution >= 4 is 5.57 Å². The molecule has 3 aliphatic rings.